The number of rotatable bonds is 13. The zero-order chi connectivity index (χ0) is 43.5. The number of ether oxygens (including phenoxy) is 2. The normalized spacial score (nSPS) is 17.1. The van der Waals surface area contributed by atoms with Crippen molar-refractivity contribution in [1.29, 1.82) is 0 Å². The number of nitrogens with zero attached hydrogens (tertiary/aromatic N) is 9. The van der Waals surface area contributed by atoms with Gasteiger partial charge < -0.3 is 19.7 Å². The van der Waals surface area contributed by atoms with Crippen LogP contribution in [0.5, 0.6) is 0 Å². The molecule has 5 aromatic rings. The van der Waals surface area contributed by atoms with Crippen molar-refractivity contribution < 1.29 is 19.1 Å². The molecule has 324 valence electrons. The van der Waals surface area contributed by atoms with Crippen LogP contribution in [0.1, 0.15) is 81.3 Å². The maximum atomic E-state index is 13.5. The molecule has 2 aromatic carbocycles. The predicted molar refractivity (Wildman–Crippen MR) is 242 cm³/mol. The van der Waals surface area contributed by atoms with Crippen molar-refractivity contribution >= 4 is 81.0 Å². The van der Waals surface area contributed by atoms with E-state index >= 15 is 0 Å². The Kier molecular flexibility index (Phi) is 13.5. The van der Waals surface area contributed by atoms with E-state index in [-0.39, 0.29) is 24.3 Å². The lowest BCUT2D eigenvalue weighted by Gasteiger charge is -2.31. The van der Waals surface area contributed by atoms with Gasteiger partial charge in [-0.15, -0.1) is 21.5 Å². The number of likely N-dealkylation sites (tertiary alicyclic amines) is 1. The fourth-order valence-corrected chi connectivity index (χ4v) is 9.31. The van der Waals surface area contributed by atoms with Crippen LogP contribution in [0.15, 0.2) is 58.5 Å². The van der Waals surface area contributed by atoms with Gasteiger partial charge in [-0.2, -0.15) is 0 Å². The number of benzene rings is 2. The van der Waals surface area contributed by atoms with Gasteiger partial charge in [0, 0.05) is 59.7 Å². The van der Waals surface area contributed by atoms with Crippen molar-refractivity contribution in [2.24, 2.45) is 9.98 Å². The van der Waals surface area contributed by atoms with Crippen LogP contribution >= 0.6 is 46.1 Å². The van der Waals surface area contributed by atoms with Gasteiger partial charge in [0.25, 0.3) is 5.91 Å². The highest BCUT2D eigenvalue weighted by Gasteiger charge is 2.33. The van der Waals surface area contributed by atoms with Crippen LogP contribution in [0.4, 0.5) is 11.5 Å². The molecule has 19 heteroatoms. The molecule has 3 aliphatic rings. The Hall–Kier alpha value is -4.97. The Bertz CT molecular complexity index is 2540. The largest absolute Gasteiger partial charge is 0.377 e. The second kappa shape index (κ2) is 19.2. The lowest BCUT2D eigenvalue weighted by molar-refractivity contribution is -0.121. The Morgan fingerprint density at radius 2 is 1.73 bits per heavy atom. The highest BCUT2D eigenvalue weighted by molar-refractivity contribution is 7.15. The van der Waals surface area contributed by atoms with Crippen molar-refractivity contribution in [3.8, 4) is 5.00 Å². The smallest absolute Gasteiger partial charge is 0.272 e. The van der Waals surface area contributed by atoms with Gasteiger partial charge in [0.1, 0.15) is 34.2 Å². The highest BCUT2D eigenvalue weighted by atomic mass is 35.5. The van der Waals surface area contributed by atoms with Gasteiger partial charge in [-0.3, -0.25) is 29.6 Å². The molecular formula is C43H46Cl3N11O4S. The first-order valence-corrected chi connectivity index (χ1v) is 22.4. The summed E-state index contributed by atoms with van der Waals surface area (Å²) in [5.74, 6) is 2.63. The Labute approximate surface area is 378 Å². The zero-order valence-electron chi connectivity index (χ0n) is 34.8. The first kappa shape index (κ1) is 43.7. The van der Waals surface area contributed by atoms with E-state index in [1.165, 1.54) is 4.88 Å². The van der Waals surface area contributed by atoms with Crippen LogP contribution in [0, 0.1) is 27.7 Å². The van der Waals surface area contributed by atoms with Gasteiger partial charge in [0.05, 0.1) is 53.8 Å². The number of aliphatic imine (C=N–C) groups is 2. The molecule has 2 fully saturated rings. The molecule has 62 heavy (non-hydrogen) atoms. The minimum absolute atomic E-state index is 0.00406. The number of hydrogen-bond donors (Lipinski definition) is 2. The third-order valence-electron chi connectivity index (χ3n) is 11.0. The van der Waals surface area contributed by atoms with E-state index in [1.54, 1.807) is 41.4 Å². The number of carbonyl (C=O) groups excluding carboxylic acids is 2. The summed E-state index contributed by atoms with van der Waals surface area (Å²) in [4.78, 5) is 48.5. The van der Waals surface area contributed by atoms with Crippen LogP contribution in [-0.4, -0.2) is 105 Å². The lowest BCUT2D eigenvalue weighted by Crippen LogP contribution is -2.41. The number of hydrogen-bond acceptors (Lipinski definition) is 12. The van der Waals surface area contributed by atoms with Gasteiger partial charge in [0.15, 0.2) is 11.6 Å². The van der Waals surface area contributed by atoms with E-state index < -0.39 is 6.04 Å². The minimum atomic E-state index is -0.552. The summed E-state index contributed by atoms with van der Waals surface area (Å²) in [7, 11) is 0. The van der Waals surface area contributed by atoms with E-state index in [4.69, 9.17) is 49.3 Å². The van der Waals surface area contributed by atoms with E-state index in [0.29, 0.717) is 109 Å². The number of aromatic nitrogens is 5. The Morgan fingerprint density at radius 1 is 0.935 bits per heavy atom. The van der Waals surface area contributed by atoms with Crippen LogP contribution < -0.4 is 15.8 Å². The highest BCUT2D eigenvalue weighted by Crippen LogP contribution is 2.39. The van der Waals surface area contributed by atoms with Crippen LogP contribution in [0.3, 0.4) is 0 Å². The predicted octanol–water partition coefficient (Wildman–Crippen LogP) is 7.49. The summed E-state index contributed by atoms with van der Waals surface area (Å²) in [6.07, 6.45) is 2.15. The number of halogens is 3. The first-order valence-electron chi connectivity index (χ1n) is 20.5. The molecule has 15 nitrogen and oxygen atoms in total. The molecule has 0 radical (unpaired) electrons. The number of thiophene rings is 1. The molecule has 0 aliphatic carbocycles. The molecule has 2 saturated heterocycles. The van der Waals surface area contributed by atoms with Gasteiger partial charge in [0.2, 0.25) is 5.91 Å². The second-order valence-electron chi connectivity index (χ2n) is 15.3. The van der Waals surface area contributed by atoms with Crippen molar-refractivity contribution in [2.75, 3.05) is 51.0 Å². The van der Waals surface area contributed by atoms with Crippen LogP contribution in [0.25, 0.3) is 5.00 Å². The average Bonchev–Trinajstić information content (AvgIpc) is 3.94. The maximum Gasteiger partial charge on any atom is 0.272 e. The second-order valence-corrected chi connectivity index (χ2v) is 17.7. The number of amidine groups is 1. The Morgan fingerprint density at radius 3 is 2.50 bits per heavy atom. The molecule has 6 heterocycles. The molecule has 2 N–H and O–H groups in total. The van der Waals surface area contributed by atoms with Gasteiger partial charge in [-0.1, -0.05) is 46.9 Å². The molecule has 8 rings (SSSR count). The zero-order valence-corrected chi connectivity index (χ0v) is 37.8. The quantitative estimate of drug-likeness (QED) is 0.113. The topological polar surface area (TPSA) is 164 Å². The third kappa shape index (κ3) is 9.80. The lowest BCUT2D eigenvalue weighted by atomic mass is 9.99. The molecule has 0 unspecified atom stereocenters. The Balaban J connectivity index is 0.772. The summed E-state index contributed by atoms with van der Waals surface area (Å²) in [5.41, 5.74) is 8.32. The minimum Gasteiger partial charge on any atom is -0.377 e. The van der Waals surface area contributed by atoms with E-state index in [0.717, 1.165) is 38.9 Å². The standard InChI is InChI=1S/C43H46Cl3N11O4S/c1-24-25(2)62-43-39(24)40(28-5-7-29(44)8-6-28)50-34(41-53-52-27(4)57(41)43)23-38(58)47-14-18-60-19-20-61-31-11-15-55(16-12-31)42(59)35-22-37(49-26(3)48-35)51-36-13-17-56(54-36)30-9-10-32(45)33(46)21-30/h5-10,21-22,31,34H,11-20,23H2,1-4H3,(H,47,58)(H,48,49,51,54)/t34-/m0/s1. The number of carbonyl (C=O) groups is 2. The summed E-state index contributed by atoms with van der Waals surface area (Å²) in [5, 5.41) is 16.4. The SMILES string of the molecule is Cc1nc(N=C2CCN(c3ccc(Cl)c(Cl)c3)N2)cc(C(=O)N2CCC(OCCOCCNC(=O)C[C@@H]3N=C(c4ccc(Cl)cc4)c4c(sc(C)c4C)-n4c(C)nnc43)CC2)n1. The van der Waals surface area contributed by atoms with Gasteiger partial charge in [-0.05, 0) is 76.4 Å². The molecule has 2 amide bonds. The molecule has 3 aromatic heterocycles. The first-order chi connectivity index (χ1) is 29.9. The fourth-order valence-electron chi connectivity index (χ4n) is 7.68. The average molecular weight is 919 g/mol. The number of anilines is 1. The van der Waals surface area contributed by atoms with Crippen molar-refractivity contribution in [2.45, 2.75) is 65.5 Å². The fraction of sp³-hybridized carbons (Fsp3) is 0.395. The van der Waals surface area contributed by atoms with Gasteiger partial charge >= 0.3 is 0 Å². The summed E-state index contributed by atoms with van der Waals surface area (Å²) < 4.78 is 13.9. The number of piperidine rings is 1. The number of hydrazine groups is 1. The molecule has 3 aliphatic heterocycles. The molecule has 1 atom stereocenters. The van der Waals surface area contributed by atoms with E-state index in [1.807, 2.05) is 46.8 Å². The third-order valence-corrected chi connectivity index (χ3v) is 13.1. The molecule has 0 spiro atoms. The number of nitrogens with one attached hydrogen (secondary N) is 2. The monoisotopic (exact) mass is 917 g/mol. The summed E-state index contributed by atoms with van der Waals surface area (Å²) in [6, 6.07) is 14.1. The summed E-state index contributed by atoms with van der Waals surface area (Å²) in [6.45, 7) is 11.1. The molecule has 0 bridgehead atoms. The van der Waals surface area contributed by atoms with E-state index in [9.17, 15) is 9.59 Å². The number of fused-ring (bicyclic) bond motifs is 3. The van der Waals surface area contributed by atoms with Crippen molar-refractivity contribution in [3.63, 3.8) is 0 Å². The van der Waals surface area contributed by atoms with Crippen LogP contribution in [0.2, 0.25) is 15.1 Å². The number of aryl methyl sites for hydroxylation is 3. The summed E-state index contributed by atoms with van der Waals surface area (Å²) >= 11 is 20.2. The van der Waals surface area contributed by atoms with Crippen LogP contribution in [-0.2, 0) is 14.3 Å². The molecular weight excluding hydrogens is 873 g/mol. The molecule has 0 saturated carbocycles. The number of amides is 2. The van der Waals surface area contributed by atoms with Gasteiger partial charge in [-0.25, -0.2) is 15.0 Å². The van der Waals surface area contributed by atoms with Crippen molar-refractivity contribution in [3.05, 3.63) is 108 Å². The van der Waals surface area contributed by atoms with E-state index in [2.05, 4.69) is 49.7 Å². The maximum absolute atomic E-state index is 13.5. The van der Waals surface area contributed by atoms with Crippen molar-refractivity contribution in [1.82, 2.24) is 40.4 Å².